The molecule has 166 valence electrons. The van der Waals surface area contributed by atoms with E-state index in [0.717, 1.165) is 24.8 Å². The van der Waals surface area contributed by atoms with Crippen molar-refractivity contribution in [2.45, 2.75) is 45.1 Å². The Bertz CT molecular complexity index is 1200. The van der Waals surface area contributed by atoms with Crippen LogP contribution in [0.3, 0.4) is 0 Å². The summed E-state index contributed by atoms with van der Waals surface area (Å²) in [4.78, 5) is 30.1. The molecule has 4 rings (SSSR count). The molecular weight excluding hydrogens is 471 g/mol. The molecule has 3 heterocycles. The second kappa shape index (κ2) is 9.46. The summed E-state index contributed by atoms with van der Waals surface area (Å²) in [5, 5.41) is 0. The van der Waals surface area contributed by atoms with Crippen molar-refractivity contribution in [2.75, 3.05) is 13.2 Å². The van der Waals surface area contributed by atoms with Gasteiger partial charge in [0.05, 0.1) is 19.5 Å². The Labute approximate surface area is 186 Å². The maximum Gasteiger partial charge on any atom is 0.332 e. The highest BCUT2D eigenvalue weighted by atomic mass is 79.9. The molecule has 1 aliphatic heterocycles. The van der Waals surface area contributed by atoms with Gasteiger partial charge in [-0.05, 0) is 43.4 Å². The Morgan fingerprint density at radius 2 is 2.16 bits per heavy atom. The lowest BCUT2D eigenvalue weighted by Crippen LogP contribution is -2.40. The van der Waals surface area contributed by atoms with E-state index in [1.54, 1.807) is 17.7 Å². The van der Waals surface area contributed by atoms with Crippen molar-refractivity contribution in [3.63, 3.8) is 0 Å². The number of fused-ring (bicyclic) bond motifs is 1. The quantitative estimate of drug-likeness (QED) is 0.471. The van der Waals surface area contributed by atoms with Gasteiger partial charge in [0.1, 0.15) is 5.82 Å². The normalized spacial score (nSPS) is 16.8. The van der Waals surface area contributed by atoms with Crippen LogP contribution in [0, 0.1) is 5.82 Å². The van der Waals surface area contributed by atoms with Crippen molar-refractivity contribution in [3.05, 3.63) is 61.2 Å². The number of benzene rings is 1. The second-order valence-corrected chi connectivity index (χ2v) is 8.45. The van der Waals surface area contributed by atoms with Gasteiger partial charge >= 0.3 is 5.69 Å². The fourth-order valence-corrected chi connectivity index (χ4v) is 4.23. The highest BCUT2D eigenvalue weighted by Crippen LogP contribution is 2.20. The molecule has 2 aromatic heterocycles. The fraction of sp³-hybridized carbons (Fsp3) is 0.476. The Hall–Kier alpha value is -2.30. The van der Waals surface area contributed by atoms with Gasteiger partial charge in [-0.3, -0.25) is 13.9 Å². The molecule has 1 aliphatic rings. The Morgan fingerprint density at radius 1 is 1.32 bits per heavy atom. The van der Waals surface area contributed by atoms with Crippen LogP contribution >= 0.6 is 15.9 Å². The van der Waals surface area contributed by atoms with Crippen molar-refractivity contribution < 1.29 is 13.9 Å². The van der Waals surface area contributed by atoms with Gasteiger partial charge in [0.2, 0.25) is 0 Å². The molecule has 1 saturated heterocycles. The summed E-state index contributed by atoms with van der Waals surface area (Å²) < 4.78 is 29.5. The summed E-state index contributed by atoms with van der Waals surface area (Å²) in [5.41, 5.74) is 0.620. The molecule has 0 saturated carbocycles. The standard InChI is InChI=1S/C21H24BrFN4O4/c1-25-19-18(26(13-24-19)12-14-6-7-15(23)11-16(14)22)20(28)27(21(25)29)8-4-10-31-17-5-2-3-9-30-17/h6-7,11,13,17H,2-5,8-10,12H2,1H3. The average molecular weight is 495 g/mol. The number of aryl methyl sites for hydroxylation is 1. The molecule has 1 atom stereocenters. The third-order valence-electron chi connectivity index (χ3n) is 5.43. The molecular formula is C21H24BrFN4O4. The first-order valence-corrected chi connectivity index (χ1v) is 11.1. The van der Waals surface area contributed by atoms with Gasteiger partial charge < -0.3 is 14.0 Å². The zero-order valence-electron chi connectivity index (χ0n) is 17.2. The van der Waals surface area contributed by atoms with Gasteiger partial charge in [-0.1, -0.05) is 22.0 Å². The summed E-state index contributed by atoms with van der Waals surface area (Å²) >= 11 is 3.35. The summed E-state index contributed by atoms with van der Waals surface area (Å²) in [6.45, 7) is 1.65. The van der Waals surface area contributed by atoms with Crippen LogP contribution in [0.25, 0.3) is 11.2 Å². The van der Waals surface area contributed by atoms with Gasteiger partial charge in [-0.2, -0.15) is 0 Å². The number of hydrogen-bond acceptors (Lipinski definition) is 5. The molecule has 31 heavy (non-hydrogen) atoms. The van der Waals surface area contributed by atoms with Crippen LogP contribution < -0.4 is 11.2 Å². The second-order valence-electron chi connectivity index (χ2n) is 7.60. The highest BCUT2D eigenvalue weighted by Gasteiger charge is 2.18. The van der Waals surface area contributed by atoms with E-state index in [9.17, 15) is 14.0 Å². The first-order valence-electron chi connectivity index (χ1n) is 10.3. The van der Waals surface area contributed by atoms with Crippen LogP contribution in [0.5, 0.6) is 0 Å². The molecule has 3 aromatic rings. The van der Waals surface area contributed by atoms with E-state index in [4.69, 9.17) is 9.47 Å². The molecule has 0 radical (unpaired) electrons. The van der Waals surface area contributed by atoms with Crippen molar-refractivity contribution in [3.8, 4) is 0 Å². The lowest BCUT2D eigenvalue weighted by atomic mass is 10.2. The predicted octanol–water partition coefficient (Wildman–Crippen LogP) is 2.78. The van der Waals surface area contributed by atoms with Gasteiger partial charge in [0, 0.05) is 24.7 Å². The van der Waals surface area contributed by atoms with Crippen LogP contribution in [-0.2, 0) is 29.6 Å². The Kier molecular flexibility index (Phi) is 6.68. The molecule has 1 fully saturated rings. The third-order valence-corrected chi connectivity index (χ3v) is 6.16. The van der Waals surface area contributed by atoms with Crippen molar-refractivity contribution in [1.82, 2.24) is 18.7 Å². The van der Waals surface area contributed by atoms with Crippen molar-refractivity contribution in [1.29, 1.82) is 0 Å². The summed E-state index contributed by atoms with van der Waals surface area (Å²) in [6.07, 6.45) is 4.83. The molecule has 1 unspecified atom stereocenters. The number of imidazole rings is 1. The van der Waals surface area contributed by atoms with Crippen LogP contribution in [-0.4, -0.2) is 38.2 Å². The van der Waals surface area contributed by atoms with E-state index < -0.39 is 11.2 Å². The number of hydrogen-bond donors (Lipinski definition) is 0. The van der Waals surface area contributed by atoms with Gasteiger partial charge in [0.15, 0.2) is 17.5 Å². The molecule has 1 aromatic carbocycles. The summed E-state index contributed by atoms with van der Waals surface area (Å²) in [7, 11) is 1.60. The van der Waals surface area contributed by atoms with E-state index in [-0.39, 0.29) is 18.7 Å². The van der Waals surface area contributed by atoms with Crippen molar-refractivity contribution in [2.24, 2.45) is 7.05 Å². The minimum absolute atomic E-state index is 0.202. The Balaban J connectivity index is 1.57. The molecule has 0 aliphatic carbocycles. The maximum atomic E-state index is 13.4. The summed E-state index contributed by atoms with van der Waals surface area (Å²) in [6, 6.07) is 4.39. The van der Waals surface area contributed by atoms with E-state index in [1.807, 2.05) is 0 Å². The maximum absolute atomic E-state index is 13.4. The highest BCUT2D eigenvalue weighted by molar-refractivity contribution is 9.10. The first kappa shape index (κ1) is 21.9. The van der Waals surface area contributed by atoms with Crippen LogP contribution in [0.1, 0.15) is 31.2 Å². The van der Waals surface area contributed by atoms with Gasteiger partial charge in [0.25, 0.3) is 5.56 Å². The summed E-state index contributed by atoms with van der Waals surface area (Å²) in [5.74, 6) is -0.350. The number of aromatic nitrogens is 4. The van der Waals surface area contributed by atoms with Crippen LogP contribution in [0.15, 0.2) is 38.6 Å². The molecule has 10 heteroatoms. The molecule has 8 nitrogen and oxygen atoms in total. The zero-order chi connectivity index (χ0) is 22.0. The van der Waals surface area contributed by atoms with Crippen LogP contribution in [0.4, 0.5) is 4.39 Å². The molecule has 0 amide bonds. The molecule has 0 N–H and O–H groups in total. The SMILES string of the molecule is Cn1c(=O)n(CCCOC2CCCCO2)c(=O)c2c1ncn2Cc1ccc(F)cc1Br. The average Bonchev–Trinajstić information content (AvgIpc) is 3.18. The molecule has 0 bridgehead atoms. The van der Waals surface area contributed by atoms with E-state index in [2.05, 4.69) is 20.9 Å². The first-order chi connectivity index (χ1) is 15.0. The van der Waals surface area contributed by atoms with E-state index >= 15 is 0 Å². The number of ether oxygens (including phenoxy) is 2. The third kappa shape index (κ3) is 4.65. The largest absolute Gasteiger partial charge is 0.353 e. The smallest absolute Gasteiger partial charge is 0.332 e. The lowest BCUT2D eigenvalue weighted by molar-refractivity contribution is -0.163. The zero-order valence-corrected chi connectivity index (χ0v) is 18.8. The van der Waals surface area contributed by atoms with E-state index in [1.165, 1.54) is 27.6 Å². The monoisotopic (exact) mass is 494 g/mol. The van der Waals surface area contributed by atoms with Gasteiger partial charge in [-0.15, -0.1) is 0 Å². The molecule has 0 spiro atoms. The number of rotatable bonds is 7. The minimum atomic E-state index is -0.417. The number of nitrogens with zero attached hydrogens (tertiary/aromatic N) is 4. The number of halogens is 2. The topological polar surface area (TPSA) is 80.3 Å². The lowest BCUT2D eigenvalue weighted by Gasteiger charge is -2.22. The van der Waals surface area contributed by atoms with Crippen molar-refractivity contribution >= 4 is 27.1 Å². The minimum Gasteiger partial charge on any atom is -0.353 e. The van der Waals surface area contributed by atoms with Crippen LogP contribution in [0.2, 0.25) is 0 Å². The predicted molar refractivity (Wildman–Crippen MR) is 117 cm³/mol. The van der Waals surface area contributed by atoms with E-state index in [0.29, 0.717) is 41.8 Å². The van der Waals surface area contributed by atoms with Gasteiger partial charge in [-0.25, -0.2) is 14.2 Å². The fourth-order valence-electron chi connectivity index (χ4n) is 3.75. The Morgan fingerprint density at radius 3 is 2.90 bits per heavy atom.